The number of benzene rings is 1. The summed E-state index contributed by atoms with van der Waals surface area (Å²) in [7, 11) is 3.80. The monoisotopic (exact) mass is 358 g/mol. The van der Waals surface area contributed by atoms with E-state index in [9.17, 15) is 14.4 Å². The number of piperidine rings is 1. The molecule has 1 saturated heterocycles. The Kier molecular flexibility index (Phi) is 5.44. The van der Waals surface area contributed by atoms with Gasteiger partial charge in [-0.25, -0.2) is 0 Å². The fourth-order valence-corrected chi connectivity index (χ4v) is 3.17. The molecule has 2 fully saturated rings. The van der Waals surface area contributed by atoms with Crippen LogP contribution in [0.15, 0.2) is 24.3 Å². The molecule has 3 amide bonds. The van der Waals surface area contributed by atoms with Gasteiger partial charge in [0.1, 0.15) is 0 Å². The van der Waals surface area contributed by atoms with Crippen molar-refractivity contribution >= 4 is 23.4 Å². The summed E-state index contributed by atoms with van der Waals surface area (Å²) in [5, 5.41) is 0. The second-order valence-electron chi connectivity index (χ2n) is 7.26. The molecule has 1 heterocycles. The van der Waals surface area contributed by atoms with Gasteiger partial charge >= 0.3 is 0 Å². The minimum atomic E-state index is -0.344. The molecule has 2 N–H and O–H groups in total. The molecule has 1 aliphatic carbocycles. The Labute approximate surface area is 153 Å². The summed E-state index contributed by atoms with van der Waals surface area (Å²) >= 11 is 0. The number of carbonyl (C=O) groups is 3. The summed E-state index contributed by atoms with van der Waals surface area (Å²) in [4.78, 5) is 40.4. The van der Waals surface area contributed by atoms with Gasteiger partial charge in [-0.3, -0.25) is 25.2 Å². The van der Waals surface area contributed by atoms with Crippen molar-refractivity contribution in [2.24, 2.45) is 11.8 Å². The van der Waals surface area contributed by atoms with Crippen molar-refractivity contribution in [3.8, 4) is 0 Å². The average Bonchev–Trinajstić information content (AvgIpc) is 3.50. The standard InChI is InChI=1S/C19H26N4O3/c1-22(2)16-5-3-4-15(12-16)18(25)21-20-17(24)13-8-10-23(11-9-13)19(26)14-6-7-14/h3-5,12-14H,6-11H2,1-2H3,(H,20,24)(H,21,25). The molecular formula is C19H26N4O3. The van der Waals surface area contributed by atoms with Gasteiger partial charge in [-0.05, 0) is 43.9 Å². The SMILES string of the molecule is CN(C)c1cccc(C(=O)NNC(=O)C2CCN(C(=O)C3CC3)CC2)c1. The van der Waals surface area contributed by atoms with E-state index in [1.165, 1.54) is 0 Å². The first-order chi connectivity index (χ1) is 12.5. The van der Waals surface area contributed by atoms with Crippen LogP contribution in [0.2, 0.25) is 0 Å². The molecule has 1 aromatic rings. The van der Waals surface area contributed by atoms with Gasteiger partial charge in [0.25, 0.3) is 5.91 Å². The highest BCUT2D eigenvalue weighted by Crippen LogP contribution is 2.32. The molecule has 0 atom stereocenters. The van der Waals surface area contributed by atoms with Crippen LogP contribution in [0.4, 0.5) is 5.69 Å². The highest BCUT2D eigenvalue weighted by Gasteiger charge is 2.36. The van der Waals surface area contributed by atoms with E-state index in [0.29, 0.717) is 31.5 Å². The number of nitrogens with one attached hydrogen (secondary N) is 2. The molecule has 1 saturated carbocycles. The van der Waals surface area contributed by atoms with Gasteiger partial charge in [0.2, 0.25) is 11.8 Å². The van der Waals surface area contributed by atoms with E-state index in [-0.39, 0.29) is 29.6 Å². The summed E-state index contributed by atoms with van der Waals surface area (Å²) in [6, 6.07) is 7.19. The van der Waals surface area contributed by atoms with E-state index in [1.807, 2.05) is 30.0 Å². The Morgan fingerprint density at radius 3 is 2.31 bits per heavy atom. The van der Waals surface area contributed by atoms with Crippen LogP contribution in [0.1, 0.15) is 36.0 Å². The third-order valence-corrected chi connectivity index (χ3v) is 5.03. The number of anilines is 1. The molecule has 0 radical (unpaired) electrons. The zero-order chi connectivity index (χ0) is 18.7. The Hall–Kier alpha value is -2.57. The number of rotatable bonds is 4. The van der Waals surface area contributed by atoms with Crippen molar-refractivity contribution in [1.29, 1.82) is 0 Å². The van der Waals surface area contributed by atoms with E-state index in [4.69, 9.17) is 0 Å². The third kappa shape index (κ3) is 4.33. The smallest absolute Gasteiger partial charge is 0.269 e. The maximum Gasteiger partial charge on any atom is 0.269 e. The van der Waals surface area contributed by atoms with Crippen LogP contribution in [0.3, 0.4) is 0 Å². The van der Waals surface area contributed by atoms with Crippen molar-refractivity contribution in [1.82, 2.24) is 15.8 Å². The van der Waals surface area contributed by atoms with Crippen LogP contribution in [-0.4, -0.2) is 49.8 Å². The number of hydrazine groups is 1. The van der Waals surface area contributed by atoms with E-state index in [2.05, 4.69) is 10.9 Å². The fraction of sp³-hybridized carbons (Fsp3) is 0.526. The van der Waals surface area contributed by atoms with Crippen LogP contribution in [0, 0.1) is 11.8 Å². The lowest BCUT2D eigenvalue weighted by Gasteiger charge is -2.31. The predicted octanol–water partition coefficient (Wildman–Crippen LogP) is 1.16. The van der Waals surface area contributed by atoms with Gasteiger partial charge in [0, 0.05) is 50.3 Å². The van der Waals surface area contributed by atoms with Crippen molar-refractivity contribution in [2.45, 2.75) is 25.7 Å². The van der Waals surface area contributed by atoms with E-state index in [0.717, 1.165) is 18.5 Å². The maximum absolute atomic E-state index is 12.3. The lowest BCUT2D eigenvalue weighted by atomic mass is 9.96. The number of likely N-dealkylation sites (tertiary alicyclic amines) is 1. The van der Waals surface area contributed by atoms with Gasteiger partial charge in [0.15, 0.2) is 0 Å². The van der Waals surface area contributed by atoms with E-state index >= 15 is 0 Å². The molecule has 0 unspecified atom stereocenters. The predicted molar refractivity (Wildman–Crippen MR) is 98.4 cm³/mol. The van der Waals surface area contributed by atoms with Gasteiger partial charge in [-0.1, -0.05) is 6.07 Å². The van der Waals surface area contributed by atoms with Gasteiger partial charge < -0.3 is 9.80 Å². The van der Waals surface area contributed by atoms with Crippen LogP contribution in [0.5, 0.6) is 0 Å². The Morgan fingerprint density at radius 2 is 1.69 bits per heavy atom. The number of hydrogen-bond donors (Lipinski definition) is 2. The highest BCUT2D eigenvalue weighted by atomic mass is 16.2. The lowest BCUT2D eigenvalue weighted by Crippen LogP contribution is -2.48. The molecule has 1 aliphatic heterocycles. The molecule has 7 heteroatoms. The third-order valence-electron chi connectivity index (χ3n) is 5.03. The summed E-state index contributed by atoms with van der Waals surface area (Å²) in [5.41, 5.74) is 6.41. The van der Waals surface area contributed by atoms with Crippen LogP contribution < -0.4 is 15.8 Å². The summed E-state index contributed by atoms with van der Waals surface area (Å²) < 4.78 is 0. The summed E-state index contributed by atoms with van der Waals surface area (Å²) in [6.45, 7) is 1.23. The van der Waals surface area contributed by atoms with E-state index in [1.54, 1.807) is 18.2 Å². The zero-order valence-corrected chi connectivity index (χ0v) is 15.3. The quantitative estimate of drug-likeness (QED) is 0.792. The molecule has 2 aliphatic rings. The summed E-state index contributed by atoms with van der Waals surface area (Å²) in [6.07, 6.45) is 3.27. The molecule has 140 valence electrons. The number of carbonyl (C=O) groups excluding carboxylic acids is 3. The molecule has 0 bridgehead atoms. The van der Waals surface area contributed by atoms with Gasteiger partial charge in [-0.15, -0.1) is 0 Å². The van der Waals surface area contributed by atoms with Gasteiger partial charge in [0.05, 0.1) is 0 Å². The van der Waals surface area contributed by atoms with E-state index < -0.39 is 0 Å². The second kappa shape index (κ2) is 7.76. The first kappa shape index (κ1) is 18.2. The van der Waals surface area contributed by atoms with Crippen molar-refractivity contribution in [2.75, 3.05) is 32.1 Å². The Bertz CT molecular complexity index is 692. The first-order valence-electron chi connectivity index (χ1n) is 9.12. The molecule has 0 spiro atoms. The zero-order valence-electron chi connectivity index (χ0n) is 15.3. The van der Waals surface area contributed by atoms with Crippen LogP contribution >= 0.6 is 0 Å². The van der Waals surface area contributed by atoms with Crippen LogP contribution in [0.25, 0.3) is 0 Å². The maximum atomic E-state index is 12.3. The second-order valence-corrected chi connectivity index (χ2v) is 7.26. The molecule has 0 aromatic heterocycles. The molecule has 3 rings (SSSR count). The Morgan fingerprint density at radius 1 is 1.00 bits per heavy atom. The normalized spacial score (nSPS) is 17.5. The average molecular weight is 358 g/mol. The number of nitrogens with zero attached hydrogens (tertiary/aromatic N) is 2. The van der Waals surface area contributed by atoms with Crippen LogP contribution in [-0.2, 0) is 9.59 Å². The minimum absolute atomic E-state index is 0.174. The lowest BCUT2D eigenvalue weighted by molar-refractivity contribution is -0.136. The highest BCUT2D eigenvalue weighted by molar-refractivity contribution is 5.96. The number of amides is 3. The van der Waals surface area contributed by atoms with Crippen molar-refractivity contribution in [3.05, 3.63) is 29.8 Å². The minimum Gasteiger partial charge on any atom is -0.378 e. The van der Waals surface area contributed by atoms with Crippen molar-refractivity contribution < 1.29 is 14.4 Å². The molecule has 26 heavy (non-hydrogen) atoms. The van der Waals surface area contributed by atoms with Gasteiger partial charge in [-0.2, -0.15) is 0 Å². The Balaban J connectivity index is 1.46. The summed E-state index contributed by atoms with van der Waals surface area (Å²) in [5.74, 6) is -0.258. The fourth-order valence-electron chi connectivity index (χ4n) is 3.17. The molecular weight excluding hydrogens is 332 g/mol. The first-order valence-corrected chi connectivity index (χ1v) is 9.12. The molecule has 1 aromatic carbocycles. The molecule has 7 nitrogen and oxygen atoms in total. The number of hydrogen-bond acceptors (Lipinski definition) is 4. The van der Waals surface area contributed by atoms with Crippen molar-refractivity contribution in [3.63, 3.8) is 0 Å². The largest absolute Gasteiger partial charge is 0.378 e. The topological polar surface area (TPSA) is 81.8 Å².